The molecule has 3 aromatic rings. The summed E-state index contributed by atoms with van der Waals surface area (Å²) in [6, 6.07) is 9.46. The predicted octanol–water partition coefficient (Wildman–Crippen LogP) is 4.24. The Kier molecular flexibility index (Phi) is 5.08. The molecule has 28 heavy (non-hydrogen) atoms. The largest absolute Gasteiger partial charge is 0.417 e. The van der Waals surface area contributed by atoms with E-state index in [1.807, 2.05) is 38.1 Å². The number of pyridine rings is 1. The molecule has 0 saturated carbocycles. The van der Waals surface area contributed by atoms with Gasteiger partial charge in [-0.1, -0.05) is 32.0 Å². The summed E-state index contributed by atoms with van der Waals surface area (Å²) < 4.78 is 39.3. The van der Waals surface area contributed by atoms with Crippen LogP contribution in [0.25, 0.3) is 5.69 Å². The summed E-state index contributed by atoms with van der Waals surface area (Å²) in [6.07, 6.45) is -2.53. The third kappa shape index (κ3) is 3.83. The summed E-state index contributed by atoms with van der Waals surface area (Å²) in [6.45, 7) is 4.06. The average molecular weight is 389 g/mol. The van der Waals surface area contributed by atoms with E-state index in [0.29, 0.717) is 6.20 Å². The molecule has 0 bridgehead atoms. The van der Waals surface area contributed by atoms with Crippen LogP contribution >= 0.6 is 0 Å². The fourth-order valence-corrected chi connectivity index (χ4v) is 2.71. The number of halogens is 3. The molecule has 146 valence electrons. The maximum atomic E-state index is 12.6. The molecule has 0 saturated heterocycles. The van der Waals surface area contributed by atoms with Gasteiger partial charge in [0.1, 0.15) is 17.2 Å². The highest BCUT2D eigenvalue weighted by atomic mass is 19.4. The number of nitrogen functional groups attached to an aromatic ring is 1. The van der Waals surface area contributed by atoms with Crippen molar-refractivity contribution in [3.05, 3.63) is 65.5 Å². The summed E-state index contributed by atoms with van der Waals surface area (Å²) in [4.78, 5) is 16.1. The van der Waals surface area contributed by atoms with Gasteiger partial charge in [-0.25, -0.2) is 9.67 Å². The Morgan fingerprint density at radius 1 is 1.14 bits per heavy atom. The number of nitrogens with two attached hydrogens (primary N) is 1. The number of anilines is 2. The molecule has 0 aliphatic rings. The first-order valence-corrected chi connectivity index (χ1v) is 8.46. The Morgan fingerprint density at radius 2 is 1.86 bits per heavy atom. The molecule has 6 nitrogen and oxygen atoms in total. The first kappa shape index (κ1) is 19.4. The van der Waals surface area contributed by atoms with Crippen LogP contribution in [0.4, 0.5) is 24.8 Å². The summed E-state index contributed by atoms with van der Waals surface area (Å²) in [5, 5.41) is 6.63. The first-order valence-electron chi connectivity index (χ1n) is 8.46. The number of benzene rings is 1. The molecular weight excluding hydrogens is 371 g/mol. The Labute approximate surface area is 159 Å². The number of aromatic nitrogens is 3. The summed E-state index contributed by atoms with van der Waals surface area (Å²) in [5.74, 6) is -0.295. The van der Waals surface area contributed by atoms with Crippen molar-refractivity contribution in [2.75, 3.05) is 11.1 Å². The van der Waals surface area contributed by atoms with Crippen LogP contribution in [0.5, 0.6) is 0 Å². The fourth-order valence-electron chi connectivity index (χ4n) is 2.71. The van der Waals surface area contributed by atoms with Crippen LogP contribution in [0.1, 0.15) is 41.3 Å². The normalized spacial score (nSPS) is 11.6. The number of hydrogen-bond donors (Lipinski definition) is 2. The van der Waals surface area contributed by atoms with Crippen molar-refractivity contribution < 1.29 is 18.0 Å². The quantitative estimate of drug-likeness (QED) is 0.699. The van der Waals surface area contributed by atoms with E-state index < -0.39 is 17.6 Å². The van der Waals surface area contributed by atoms with E-state index in [2.05, 4.69) is 15.4 Å². The molecule has 1 amide bonds. The summed E-state index contributed by atoms with van der Waals surface area (Å²) >= 11 is 0. The van der Waals surface area contributed by atoms with Gasteiger partial charge < -0.3 is 11.1 Å². The van der Waals surface area contributed by atoms with Gasteiger partial charge in [0, 0.05) is 6.20 Å². The van der Waals surface area contributed by atoms with Gasteiger partial charge in [-0.3, -0.25) is 4.79 Å². The summed E-state index contributed by atoms with van der Waals surface area (Å²) in [5.41, 5.74) is 7.07. The van der Waals surface area contributed by atoms with E-state index in [1.54, 1.807) is 0 Å². The molecule has 0 aliphatic heterocycles. The monoisotopic (exact) mass is 389 g/mol. The number of alkyl halides is 3. The van der Waals surface area contributed by atoms with Crippen molar-refractivity contribution in [2.45, 2.75) is 25.9 Å². The van der Waals surface area contributed by atoms with Crippen LogP contribution in [0.2, 0.25) is 0 Å². The zero-order chi connectivity index (χ0) is 20.5. The maximum Gasteiger partial charge on any atom is 0.417 e. The standard InChI is InChI=1S/C19H18F3N5O/c1-11(2)13-5-3-4-6-15(13)27-17(23)14(10-25-27)18(28)26-16-8-7-12(9-24-16)19(20,21)22/h3-11H,23H2,1-2H3,(H,24,26,28). The SMILES string of the molecule is CC(C)c1ccccc1-n1ncc(C(=O)Nc2ccc(C(F)(F)F)cn2)c1N. The zero-order valence-corrected chi connectivity index (χ0v) is 15.2. The number of carbonyl (C=O) groups excluding carboxylic acids is 1. The molecule has 3 N–H and O–H groups in total. The lowest BCUT2D eigenvalue weighted by molar-refractivity contribution is -0.137. The maximum absolute atomic E-state index is 12.6. The highest BCUT2D eigenvalue weighted by Gasteiger charge is 2.30. The van der Waals surface area contributed by atoms with Gasteiger partial charge in [-0.15, -0.1) is 0 Å². The van der Waals surface area contributed by atoms with Gasteiger partial charge in [0.25, 0.3) is 5.91 Å². The van der Waals surface area contributed by atoms with Gasteiger partial charge in [0.2, 0.25) is 0 Å². The van der Waals surface area contributed by atoms with E-state index in [-0.39, 0.29) is 23.1 Å². The van der Waals surface area contributed by atoms with Gasteiger partial charge in [0.15, 0.2) is 0 Å². The van der Waals surface area contributed by atoms with Crippen molar-refractivity contribution >= 4 is 17.5 Å². The first-order chi connectivity index (χ1) is 13.2. The second-order valence-electron chi connectivity index (χ2n) is 6.45. The van der Waals surface area contributed by atoms with Gasteiger partial charge >= 0.3 is 6.18 Å². The second-order valence-corrected chi connectivity index (χ2v) is 6.45. The Bertz CT molecular complexity index is 994. The molecule has 1 aromatic carbocycles. The minimum absolute atomic E-state index is 0.0206. The molecule has 2 aromatic heterocycles. The van der Waals surface area contributed by atoms with Crippen LogP contribution in [-0.2, 0) is 6.18 Å². The molecule has 0 atom stereocenters. The van der Waals surface area contributed by atoms with Crippen LogP contribution in [-0.4, -0.2) is 20.7 Å². The highest BCUT2D eigenvalue weighted by Crippen LogP contribution is 2.29. The van der Waals surface area contributed by atoms with Crippen molar-refractivity contribution in [3.63, 3.8) is 0 Å². The number of rotatable bonds is 4. The number of nitrogens with zero attached hydrogens (tertiary/aromatic N) is 3. The minimum Gasteiger partial charge on any atom is -0.383 e. The van der Waals surface area contributed by atoms with Crippen LogP contribution in [0.3, 0.4) is 0 Å². The minimum atomic E-state index is -4.50. The van der Waals surface area contributed by atoms with Crippen LogP contribution in [0, 0.1) is 0 Å². The molecule has 0 spiro atoms. The van der Waals surface area contributed by atoms with E-state index in [4.69, 9.17) is 5.73 Å². The van der Waals surface area contributed by atoms with E-state index >= 15 is 0 Å². The average Bonchev–Trinajstić information content (AvgIpc) is 3.02. The number of amides is 1. The van der Waals surface area contributed by atoms with E-state index in [9.17, 15) is 18.0 Å². The third-order valence-electron chi connectivity index (χ3n) is 4.17. The van der Waals surface area contributed by atoms with Gasteiger partial charge in [-0.05, 0) is 29.7 Å². The zero-order valence-electron chi connectivity index (χ0n) is 15.2. The Balaban J connectivity index is 1.85. The molecular formula is C19H18F3N5O. The number of hydrogen-bond acceptors (Lipinski definition) is 4. The second kappa shape index (κ2) is 7.34. The van der Waals surface area contributed by atoms with Gasteiger partial charge in [-0.2, -0.15) is 18.3 Å². The van der Waals surface area contributed by atoms with Gasteiger partial charge in [0.05, 0.1) is 17.4 Å². The number of carbonyl (C=O) groups is 1. The van der Waals surface area contributed by atoms with Crippen LogP contribution < -0.4 is 11.1 Å². The van der Waals surface area contributed by atoms with Crippen molar-refractivity contribution in [1.82, 2.24) is 14.8 Å². The van der Waals surface area contributed by atoms with E-state index in [1.165, 1.54) is 10.9 Å². The lowest BCUT2D eigenvalue weighted by Crippen LogP contribution is -2.15. The molecule has 0 fully saturated rings. The Morgan fingerprint density at radius 3 is 2.46 bits per heavy atom. The lowest BCUT2D eigenvalue weighted by Gasteiger charge is -2.13. The highest BCUT2D eigenvalue weighted by molar-refractivity contribution is 6.06. The molecule has 0 unspecified atom stereocenters. The summed E-state index contributed by atoms with van der Waals surface area (Å²) in [7, 11) is 0. The predicted molar refractivity (Wildman–Crippen MR) is 99.3 cm³/mol. The van der Waals surface area contributed by atoms with Crippen molar-refractivity contribution in [2.24, 2.45) is 0 Å². The molecule has 9 heteroatoms. The molecule has 2 heterocycles. The fraction of sp³-hybridized carbons (Fsp3) is 0.211. The molecule has 0 radical (unpaired) electrons. The van der Waals surface area contributed by atoms with E-state index in [0.717, 1.165) is 23.4 Å². The van der Waals surface area contributed by atoms with Crippen molar-refractivity contribution in [1.29, 1.82) is 0 Å². The molecule has 3 rings (SSSR count). The topological polar surface area (TPSA) is 85.8 Å². The third-order valence-corrected chi connectivity index (χ3v) is 4.17. The van der Waals surface area contributed by atoms with Crippen LogP contribution in [0.15, 0.2) is 48.8 Å². The Hall–Kier alpha value is -3.36. The lowest BCUT2D eigenvalue weighted by atomic mass is 10.0. The number of nitrogens with one attached hydrogen (secondary N) is 1. The van der Waals surface area contributed by atoms with Crippen molar-refractivity contribution in [3.8, 4) is 5.69 Å². The molecule has 0 aliphatic carbocycles. The number of para-hydroxylation sites is 1. The smallest absolute Gasteiger partial charge is 0.383 e.